The Balaban J connectivity index is 3.06. The summed E-state index contributed by atoms with van der Waals surface area (Å²) in [5, 5.41) is 11.5. The van der Waals surface area contributed by atoms with E-state index in [1.54, 1.807) is 0 Å². The third-order valence-electron chi connectivity index (χ3n) is 2.92. The van der Waals surface area contributed by atoms with E-state index >= 15 is 0 Å². The second kappa shape index (κ2) is 6.47. The van der Waals surface area contributed by atoms with Gasteiger partial charge in [0.05, 0.1) is 16.8 Å². The number of rotatable bonds is 5. The molecule has 0 aliphatic rings. The van der Waals surface area contributed by atoms with E-state index in [2.05, 4.69) is 5.32 Å². The lowest BCUT2D eigenvalue weighted by molar-refractivity contribution is -0.137. The number of aromatic carboxylic acids is 1. The van der Waals surface area contributed by atoms with Crippen molar-refractivity contribution >= 4 is 17.6 Å². The summed E-state index contributed by atoms with van der Waals surface area (Å²) in [6, 6.07) is 2.50. The first-order chi connectivity index (χ1) is 9.66. The molecular weight excluding hydrogens is 289 g/mol. The maximum Gasteiger partial charge on any atom is 0.416 e. The van der Waals surface area contributed by atoms with Crippen molar-refractivity contribution in [1.29, 1.82) is 0 Å². The Morgan fingerprint density at radius 1 is 1.33 bits per heavy atom. The van der Waals surface area contributed by atoms with E-state index in [4.69, 9.17) is 5.11 Å². The third-order valence-corrected chi connectivity index (χ3v) is 2.92. The number of carboxylic acids is 1. The number of alkyl halides is 3. The molecule has 0 bridgehead atoms. The molecule has 0 heterocycles. The SMILES string of the molecule is CNC(=O)CCN(C)c1ccc(C(F)(F)F)cc1C(=O)O. The Labute approximate surface area is 119 Å². The van der Waals surface area contributed by atoms with Crippen LogP contribution >= 0.6 is 0 Å². The van der Waals surface area contributed by atoms with Crippen LogP contribution in [-0.2, 0) is 11.0 Å². The van der Waals surface area contributed by atoms with E-state index in [0.29, 0.717) is 6.07 Å². The molecule has 0 saturated heterocycles. The highest BCUT2D eigenvalue weighted by Gasteiger charge is 2.32. The molecular formula is C13H15F3N2O3. The van der Waals surface area contributed by atoms with Crippen LogP contribution in [0.3, 0.4) is 0 Å². The highest BCUT2D eigenvalue weighted by molar-refractivity contribution is 5.94. The van der Waals surface area contributed by atoms with Gasteiger partial charge in [-0.15, -0.1) is 0 Å². The first-order valence-corrected chi connectivity index (χ1v) is 6.03. The summed E-state index contributed by atoms with van der Waals surface area (Å²) in [6.45, 7) is 0.186. The van der Waals surface area contributed by atoms with Crippen molar-refractivity contribution in [3.05, 3.63) is 29.3 Å². The van der Waals surface area contributed by atoms with Gasteiger partial charge in [0.1, 0.15) is 0 Å². The van der Waals surface area contributed by atoms with Gasteiger partial charge in [0.15, 0.2) is 0 Å². The van der Waals surface area contributed by atoms with Crippen molar-refractivity contribution in [2.45, 2.75) is 12.6 Å². The number of amides is 1. The summed E-state index contributed by atoms with van der Waals surface area (Å²) in [5.74, 6) is -1.70. The molecule has 0 spiro atoms. The van der Waals surface area contributed by atoms with Crippen LogP contribution in [0.25, 0.3) is 0 Å². The molecule has 1 rings (SSSR count). The van der Waals surface area contributed by atoms with Crippen LogP contribution in [0.5, 0.6) is 0 Å². The molecule has 5 nitrogen and oxygen atoms in total. The number of hydrogen-bond acceptors (Lipinski definition) is 3. The molecule has 0 atom stereocenters. The van der Waals surface area contributed by atoms with Gasteiger partial charge in [0.25, 0.3) is 0 Å². The van der Waals surface area contributed by atoms with E-state index < -0.39 is 23.3 Å². The minimum atomic E-state index is -4.61. The zero-order valence-corrected chi connectivity index (χ0v) is 11.5. The lowest BCUT2D eigenvalue weighted by Crippen LogP contribution is -2.27. The topological polar surface area (TPSA) is 69.6 Å². The number of nitrogens with zero attached hydrogens (tertiary/aromatic N) is 1. The van der Waals surface area contributed by atoms with E-state index in [-0.39, 0.29) is 24.6 Å². The number of nitrogens with one attached hydrogen (secondary N) is 1. The summed E-state index contributed by atoms with van der Waals surface area (Å²) in [7, 11) is 2.97. The van der Waals surface area contributed by atoms with Gasteiger partial charge < -0.3 is 15.3 Å². The van der Waals surface area contributed by atoms with Crippen LogP contribution in [-0.4, -0.2) is 37.6 Å². The summed E-state index contributed by atoms with van der Waals surface area (Å²) in [4.78, 5) is 23.7. The molecule has 8 heteroatoms. The summed E-state index contributed by atoms with van der Waals surface area (Å²) < 4.78 is 37.8. The highest BCUT2D eigenvalue weighted by atomic mass is 19.4. The van der Waals surface area contributed by atoms with Crippen LogP contribution in [0.4, 0.5) is 18.9 Å². The van der Waals surface area contributed by atoms with Crippen molar-refractivity contribution in [2.24, 2.45) is 0 Å². The predicted octanol–water partition coefficient (Wildman–Crippen LogP) is 1.98. The molecule has 21 heavy (non-hydrogen) atoms. The first-order valence-electron chi connectivity index (χ1n) is 6.03. The zero-order valence-electron chi connectivity index (χ0n) is 11.5. The van der Waals surface area contributed by atoms with Gasteiger partial charge in [0, 0.05) is 27.1 Å². The molecule has 0 aromatic heterocycles. The fourth-order valence-corrected chi connectivity index (χ4v) is 1.73. The van der Waals surface area contributed by atoms with Crippen molar-refractivity contribution in [3.63, 3.8) is 0 Å². The van der Waals surface area contributed by atoms with Gasteiger partial charge in [-0.2, -0.15) is 13.2 Å². The lowest BCUT2D eigenvalue weighted by Gasteiger charge is -2.21. The molecule has 0 aliphatic heterocycles. The molecule has 2 N–H and O–H groups in total. The largest absolute Gasteiger partial charge is 0.478 e. The van der Waals surface area contributed by atoms with Gasteiger partial charge >= 0.3 is 12.1 Å². The van der Waals surface area contributed by atoms with Crippen molar-refractivity contribution < 1.29 is 27.9 Å². The van der Waals surface area contributed by atoms with Gasteiger partial charge in [-0.1, -0.05) is 0 Å². The van der Waals surface area contributed by atoms with Gasteiger partial charge in [-0.05, 0) is 18.2 Å². The molecule has 0 fully saturated rings. The first kappa shape index (κ1) is 16.8. The predicted molar refractivity (Wildman–Crippen MR) is 70.4 cm³/mol. The monoisotopic (exact) mass is 304 g/mol. The molecule has 1 aromatic rings. The number of hydrogen-bond donors (Lipinski definition) is 2. The van der Waals surface area contributed by atoms with Gasteiger partial charge in [-0.25, -0.2) is 4.79 Å². The van der Waals surface area contributed by atoms with Crippen molar-refractivity contribution in [3.8, 4) is 0 Å². The smallest absolute Gasteiger partial charge is 0.416 e. The Morgan fingerprint density at radius 3 is 2.43 bits per heavy atom. The van der Waals surface area contributed by atoms with Gasteiger partial charge in [-0.3, -0.25) is 4.79 Å². The summed E-state index contributed by atoms with van der Waals surface area (Å²) in [6.07, 6.45) is -4.50. The average Bonchev–Trinajstić information content (AvgIpc) is 2.42. The van der Waals surface area contributed by atoms with Crippen LogP contribution in [0, 0.1) is 0 Å². The van der Waals surface area contributed by atoms with Crippen LogP contribution in [0.1, 0.15) is 22.3 Å². The normalized spacial score (nSPS) is 11.1. The number of halogens is 3. The second-order valence-corrected chi connectivity index (χ2v) is 4.38. The minimum absolute atomic E-state index is 0.104. The second-order valence-electron chi connectivity index (χ2n) is 4.38. The third kappa shape index (κ3) is 4.37. The number of benzene rings is 1. The van der Waals surface area contributed by atoms with Crippen molar-refractivity contribution in [1.82, 2.24) is 5.32 Å². The molecule has 0 saturated carbocycles. The zero-order chi connectivity index (χ0) is 16.2. The van der Waals surface area contributed by atoms with E-state index in [9.17, 15) is 22.8 Å². The summed E-state index contributed by atoms with van der Waals surface area (Å²) in [5.41, 5.74) is -1.35. The highest BCUT2D eigenvalue weighted by Crippen LogP contribution is 2.32. The lowest BCUT2D eigenvalue weighted by atomic mass is 10.1. The molecule has 116 valence electrons. The van der Waals surface area contributed by atoms with E-state index in [1.165, 1.54) is 19.0 Å². The Hall–Kier alpha value is -2.25. The molecule has 0 unspecified atom stereocenters. The van der Waals surface area contributed by atoms with Crippen LogP contribution < -0.4 is 10.2 Å². The molecule has 1 amide bonds. The number of anilines is 1. The number of carboxylic acid groups (broad SMARTS) is 1. The maximum atomic E-state index is 12.6. The molecule has 1 aromatic carbocycles. The number of carbonyl (C=O) groups excluding carboxylic acids is 1. The average molecular weight is 304 g/mol. The molecule has 0 aliphatic carbocycles. The fourth-order valence-electron chi connectivity index (χ4n) is 1.73. The molecule has 0 radical (unpaired) electrons. The fraction of sp³-hybridized carbons (Fsp3) is 0.385. The quantitative estimate of drug-likeness (QED) is 0.872. The maximum absolute atomic E-state index is 12.6. The Kier molecular flexibility index (Phi) is 5.17. The van der Waals surface area contributed by atoms with Gasteiger partial charge in [0.2, 0.25) is 5.91 Å². The van der Waals surface area contributed by atoms with Crippen LogP contribution in [0.15, 0.2) is 18.2 Å². The Morgan fingerprint density at radius 2 is 1.95 bits per heavy atom. The van der Waals surface area contributed by atoms with Crippen molar-refractivity contribution in [2.75, 3.05) is 25.5 Å². The number of carbonyl (C=O) groups is 2. The Bertz CT molecular complexity index is 544. The minimum Gasteiger partial charge on any atom is -0.478 e. The van der Waals surface area contributed by atoms with Crippen LogP contribution in [0.2, 0.25) is 0 Å². The standard InChI is InChI=1S/C13H15F3N2O3/c1-17-11(19)5-6-18(2)10-4-3-8(13(14,15)16)7-9(10)12(20)21/h3-4,7H,5-6H2,1-2H3,(H,17,19)(H,20,21). The van der Waals surface area contributed by atoms with E-state index in [1.807, 2.05) is 0 Å². The summed E-state index contributed by atoms with van der Waals surface area (Å²) >= 11 is 0. The van der Waals surface area contributed by atoms with E-state index in [0.717, 1.165) is 12.1 Å².